The molecule has 1 amide bonds. The van der Waals surface area contributed by atoms with Crippen LogP contribution in [0.5, 0.6) is 5.75 Å². The molecule has 0 aliphatic heterocycles. The maximum atomic E-state index is 11.8. The molecule has 0 spiro atoms. The lowest BCUT2D eigenvalue weighted by atomic mass is 10.2. The van der Waals surface area contributed by atoms with Crippen LogP contribution in [0.1, 0.15) is 5.56 Å². The number of carbonyl (C=O) groups excluding carboxylic acids is 1. The van der Waals surface area contributed by atoms with Gasteiger partial charge >= 0.3 is 0 Å². The van der Waals surface area contributed by atoms with E-state index in [2.05, 4.69) is 5.32 Å². The first kappa shape index (κ1) is 13.4. The Kier molecular flexibility index (Phi) is 4.36. The summed E-state index contributed by atoms with van der Waals surface area (Å²) in [4.78, 5) is 11.8. The summed E-state index contributed by atoms with van der Waals surface area (Å²) >= 11 is 6.00. The van der Waals surface area contributed by atoms with Gasteiger partial charge in [-0.05, 0) is 17.7 Å². The van der Waals surface area contributed by atoms with Gasteiger partial charge in [0.15, 0.2) is 11.9 Å². The third-order valence-electron chi connectivity index (χ3n) is 2.60. The third-order valence-corrected chi connectivity index (χ3v) is 2.97. The summed E-state index contributed by atoms with van der Waals surface area (Å²) in [5.74, 6) is -0.0167. The molecule has 1 aromatic heterocycles. The van der Waals surface area contributed by atoms with Crippen LogP contribution in [0.2, 0.25) is 5.02 Å². The molecule has 98 valence electrons. The number of hydrogen-bond donors (Lipinski definition) is 2. The van der Waals surface area contributed by atoms with Crippen LogP contribution in [0.3, 0.4) is 0 Å². The number of pyridine rings is 1. The van der Waals surface area contributed by atoms with E-state index < -0.39 is 0 Å². The van der Waals surface area contributed by atoms with Gasteiger partial charge in [0.25, 0.3) is 5.91 Å². The van der Waals surface area contributed by atoms with Crippen LogP contribution in [-0.4, -0.2) is 11.0 Å². The Labute approximate surface area is 116 Å². The summed E-state index contributed by atoms with van der Waals surface area (Å²) in [6.45, 7) is 0.538. The second kappa shape index (κ2) is 6.20. The van der Waals surface area contributed by atoms with Crippen LogP contribution >= 0.6 is 11.6 Å². The molecule has 5 heteroatoms. The van der Waals surface area contributed by atoms with Crippen LogP contribution in [-0.2, 0) is 17.9 Å². The smallest absolute Gasteiger partial charge is 0.286 e. The van der Waals surface area contributed by atoms with Gasteiger partial charge in [0.05, 0.1) is 0 Å². The number of nitrogens with zero attached hydrogens (tertiary/aromatic N) is 1. The van der Waals surface area contributed by atoms with Crippen molar-refractivity contribution < 1.29 is 14.5 Å². The van der Waals surface area contributed by atoms with E-state index in [1.807, 2.05) is 18.2 Å². The summed E-state index contributed by atoms with van der Waals surface area (Å²) in [7, 11) is 0. The van der Waals surface area contributed by atoms with Crippen molar-refractivity contribution in [3.05, 3.63) is 59.4 Å². The number of aromatic hydroxyl groups is 1. The maximum Gasteiger partial charge on any atom is 0.286 e. The molecule has 0 fully saturated rings. The van der Waals surface area contributed by atoms with E-state index in [4.69, 9.17) is 11.6 Å². The third kappa shape index (κ3) is 3.96. The van der Waals surface area contributed by atoms with Gasteiger partial charge in [-0.3, -0.25) is 4.79 Å². The van der Waals surface area contributed by atoms with Gasteiger partial charge in [-0.2, -0.15) is 4.57 Å². The minimum absolute atomic E-state index is 0.126. The first-order chi connectivity index (χ1) is 9.15. The lowest BCUT2D eigenvalue weighted by molar-refractivity contribution is -0.684. The van der Waals surface area contributed by atoms with Crippen molar-refractivity contribution in [3.63, 3.8) is 0 Å². The summed E-state index contributed by atoms with van der Waals surface area (Å²) in [6.07, 6.45) is 3.21. The highest BCUT2D eigenvalue weighted by Gasteiger charge is 2.10. The Morgan fingerprint density at radius 2 is 2.05 bits per heavy atom. The lowest BCUT2D eigenvalue weighted by Crippen LogP contribution is -2.42. The van der Waals surface area contributed by atoms with Crippen molar-refractivity contribution in [2.24, 2.45) is 0 Å². The number of nitrogens with one attached hydrogen (secondary N) is 1. The second-order valence-corrected chi connectivity index (χ2v) is 4.51. The first-order valence-electron chi connectivity index (χ1n) is 5.83. The molecule has 2 N–H and O–H groups in total. The molecule has 0 bridgehead atoms. The average Bonchev–Trinajstić information content (AvgIpc) is 2.38. The highest BCUT2D eigenvalue weighted by atomic mass is 35.5. The van der Waals surface area contributed by atoms with Crippen LogP contribution in [0, 0.1) is 0 Å². The van der Waals surface area contributed by atoms with Crippen molar-refractivity contribution in [2.75, 3.05) is 0 Å². The molecule has 19 heavy (non-hydrogen) atoms. The summed E-state index contributed by atoms with van der Waals surface area (Å²) in [6, 6.07) is 10.6. The maximum absolute atomic E-state index is 11.8. The van der Waals surface area contributed by atoms with Crippen LogP contribution in [0.15, 0.2) is 48.8 Å². The summed E-state index contributed by atoms with van der Waals surface area (Å²) in [5.41, 5.74) is 0.874. The Morgan fingerprint density at radius 3 is 2.79 bits per heavy atom. The van der Waals surface area contributed by atoms with Gasteiger partial charge in [0.1, 0.15) is 0 Å². The van der Waals surface area contributed by atoms with E-state index in [0.717, 1.165) is 5.56 Å². The van der Waals surface area contributed by atoms with E-state index in [1.165, 1.54) is 6.20 Å². The van der Waals surface area contributed by atoms with E-state index in [-0.39, 0.29) is 18.2 Å². The second-order valence-electron chi connectivity index (χ2n) is 4.10. The van der Waals surface area contributed by atoms with Crippen molar-refractivity contribution in [2.45, 2.75) is 13.1 Å². The molecule has 0 radical (unpaired) electrons. The van der Waals surface area contributed by atoms with Crippen molar-refractivity contribution in [3.8, 4) is 5.75 Å². The van der Waals surface area contributed by atoms with Gasteiger partial charge in [0, 0.05) is 17.6 Å². The predicted octanol–water partition coefficient (Wildman–Crippen LogP) is 1.65. The van der Waals surface area contributed by atoms with E-state index >= 15 is 0 Å². The minimum atomic E-state index is -0.143. The fourth-order valence-corrected chi connectivity index (χ4v) is 1.87. The molecule has 2 aromatic rings. The number of rotatable bonds is 4. The molecular formula is C14H14ClN2O2+. The number of benzene rings is 1. The molecular weight excluding hydrogens is 264 g/mol. The van der Waals surface area contributed by atoms with E-state index in [1.54, 1.807) is 29.0 Å². The standard InChI is InChI=1S/C14H13ClN2O2/c15-13-6-2-1-4-11(13)8-16-14(19)10-17-7-3-5-12(18)9-17/h1-7,9H,8,10H2,(H-,16,18,19)/p+1. The van der Waals surface area contributed by atoms with Crippen LogP contribution in [0.25, 0.3) is 0 Å². The fraction of sp³-hybridized carbons (Fsp3) is 0.143. The first-order valence-corrected chi connectivity index (χ1v) is 6.21. The van der Waals surface area contributed by atoms with Gasteiger partial charge in [0.2, 0.25) is 12.7 Å². The zero-order chi connectivity index (χ0) is 13.7. The van der Waals surface area contributed by atoms with Crippen LogP contribution < -0.4 is 9.88 Å². The van der Waals surface area contributed by atoms with Gasteiger partial charge in [-0.1, -0.05) is 29.8 Å². The molecule has 0 aliphatic carbocycles. The fourth-order valence-electron chi connectivity index (χ4n) is 1.66. The molecule has 0 saturated carbocycles. The normalized spacial score (nSPS) is 10.2. The molecule has 1 aromatic carbocycles. The molecule has 0 aliphatic rings. The van der Waals surface area contributed by atoms with E-state index in [0.29, 0.717) is 11.6 Å². The minimum Gasteiger partial charge on any atom is -0.503 e. The zero-order valence-electron chi connectivity index (χ0n) is 10.2. The quantitative estimate of drug-likeness (QED) is 0.835. The van der Waals surface area contributed by atoms with Gasteiger partial charge < -0.3 is 10.4 Å². The molecule has 4 nitrogen and oxygen atoms in total. The number of carbonyl (C=O) groups is 1. The SMILES string of the molecule is O=C(C[n+]1cccc(O)c1)NCc1ccccc1Cl. The zero-order valence-corrected chi connectivity index (χ0v) is 11.0. The Morgan fingerprint density at radius 1 is 1.26 bits per heavy atom. The molecule has 0 saturated heterocycles. The molecule has 1 heterocycles. The topological polar surface area (TPSA) is 53.2 Å². The largest absolute Gasteiger partial charge is 0.503 e. The van der Waals surface area contributed by atoms with Gasteiger partial charge in [-0.25, -0.2) is 0 Å². The molecule has 0 unspecified atom stereocenters. The van der Waals surface area contributed by atoms with Crippen LogP contribution in [0.4, 0.5) is 0 Å². The highest BCUT2D eigenvalue weighted by Crippen LogP contribution is 2.14. The number of aromatic nitrogens is 1. The number of hydrogen-bond acceptors (Lipinski definition) is 2. The molecule has 2 rings (SSSR count). The van der Waals surface area contributed by atoms with E-state index in [9.17, 15) is 9.90 Å². The highest BCUT2D eigenvalue weighted by molar-refractivity contribution is 6.31. The number of amides is 1. The van der Waals surface area contributed by atoms with Crippen molar-refractivity contribution >= 4 is 17.5 Å². The Hall–Kier alpha value is -2.07. The van der Waals surface area contributed by atoms with Crippen molar-refractivity contribution in [1.29, 1.82) is 0 Å². The molecule has 0 atom stereocenters. The summed E-state index contributed by atoms with van der Waals surface area (Å²) < 4.78 is 1.61. The Balaban J connectivity index is 1.90. The van der Waals surface area contributed by atoms with Crippen molar-refractivity contribution in [1.82, 2.24) is 5.32 Å². The van der Waals surface area contributed by atoms with Gasteiger partial charge in [-0.15, -0.1) is 0 Å². The Bertz CT molecular complexity index is 587. The summed E-state index contributed by atoms with van der Waals surface area (Å²) in [5, 5.41) is 12.7. The number of halogens is 1. The monoisotopic (exact) mass is 277 g/mol. The lowest BCUT2D eigenvalue weighted by Gasteiger charge is -2.05. The average molecular weight is 278 g/mol. The predicted molar refractivity (Wildman–Crippen MR) is 71.6 cm³/mol.